The lowest BCUT2D eigenvalue weighted by Crippen LogP contribution is -2.45. The topological polar surface area (TPSA) is 123 Å². The van der Waals surface area contributed by atoms with Gasteiger partial charge in [-0.05, 0) is 85.5 Å². The highest BCUT2D eigenvalue weighted by atomic mass is 16.5. The number of benzene rings is 3. The van der Waals surface area contributed by atoms with Gasteiger partial charge in [0.25, 0.3) is 5.91 Å². The molecule has 10 nitrogen and oxygen atoms in total. The van der Waals surface area contributed by atoms with E-state index >= 15 is 0 Å². The fraction of sp³-hybridized carbons (Fsp3) is 0.333. The molecule has 0 bridgehead atoms. The van der Waals surface area contributed by atoms with Crippen molar-refractivity contribution < 1.29 is 19.1 Å². The molecule has 43 heavy (non-hydrogen) atoms. The van der Waals surface area contributed by atoms with Crippen molar-refractivity contribution in [3.8, 4) is 5.75 Å². The Morgan fingerprint density at radius 2 is 1.74 bits per heavy atom. The number of esters is 1. The fourth-order valence-electron chi connectivity index (χ4n) is 5.81. The molecule has 3 N–H and O–H groups in total. The Morgan fingerprint density at radius 3 is 2.51 bits per heavy atom. The van der Waals surface area contributed by atoms with E-state index < -0.39 is 0 Å². The van der Waals surface area contributed by atoms with E-state index in [0.717, 1.165) is 73.5 Å². The number of ether oxygens (including phenoxy) is 2. The van der Waals surface area contributed by atoms with Gasteiger partial charge in [-0.2, -0.15) is 4.98 Å². The second-order valence-corrected chi connectivity index (χ2v) is 11.2. The molecule has 1 aliphatic carbocycles. The fourth-order valence-corrected chi connectivity index (χ4v) is 5.81. The Balaban J connectivity index is 1.17. The summed E-state index contributed by atoms with van der Waals surface area (Å²) < 4.78 is 10.9. The molecule has 1 aromatic heterocycles. The number of carbonyl (C=O) groups is 2. The summed E-state index contributed by atoms with van der Waals surface area (Å²) in [6.07, 6.45) is 2.78. The van der Waals surface area contributed by atoms with Crippen LogP contribution in [0.4, 0.5) is 11.8 Å². The number of likely N-dealkylation sites (N-methyl/N-ethyl adjacent to an activating group) is 1. The van der Waals surface area contributed by atoms with Gasteiger partial charge in [-0.25, -0.2) is 9.78 Å². The minimum atomic E-state index is -0.369. The van der Waals surface area contributed by atoms with Gasteiger partial charge in [0.1, 0.15) is 18.2 Å². The van der Waals surface area contributed by atoms with Gasteiger partial charge in [-0.3, -0.25) is 4.79 Å². The number of nitrogens with zero attached hydrogens (tertiary/aromatic N) is 4. The monoisotopic (exact) mass is 580 g/mol. The average molecular weight is 581 g/mol. The Labute approximate surface area is 250 Å². The Kier molecular flexibility index (Phi) is 8.11. The SMILES string of the molecule is COC(=O)c1ccc(COc2ccc3c(c2)C(NC(=O)c2ccc4c(N5CCN(C)CC5)nc(N)nc4c2)CCC3)cc1. The van der Waals surface area contributed by atoms with Crippen molar-refractivity contribution in [2.45, 2.75) is 31.9 Å². The van der Waals surface area contributed by atoms with Gasteiger partial charge in [-0.1, -0.05) is 18.2 Å². The average Bonchev–Trinajstić information content (AvgIpc) is 3.03. The third-order valence-corrected chi connectivity index (χ3v) is 8.28. The van der Waals surface area contributed by atoms with E-state index in [2.05, 4.69) is 38.2 Å². The molecule has 1 fully saturated rings. The Morgan fingerprint density at radius 1 is 0.977 bits per heavy atom. The number of anilines is 2. The highest BCUT2D eigenvalue weighted by Crippen LogP contribution is 2.33. The van der Waals surface area contributed by atoms with Gasteiger partial charge in [0.2, 0.25) is 5.95 Å². The molecular weight excluding hydrogens is 544 g/mol. The maximum atomic E-state index is 13.5. The minimum Gasteiger partial charge on any atom is -0.489 e. The zero-order valence-electron chi connectivity index (χ0n) is 24.5. The maximum Gasteiger partial charge on any atom is 0.337 e. The molecule has 1 saturated heterocycles. The first kappa shape index (κ1) is 28.4. The summed E-state index contributed by atoms with van der Waals surface area (Å²) in [6.45, 7) is 3.98. The van der Waals surface area contributed by atoms with Crippen LogP contribution in [-0.2, 0) is 17.8 Å². The number of hydrogen-bond acceptors (Lipinski definition) is 9. The molecule has 1 atom stereocenters. The molecule has 6 rings (SSSR count). The molecule has 2 heterocycles. The van der Waals surface area contributed by atoms with E-state index in [9.17, 15) is 9.59 Å². The van der Waals surface area contributed by atoms with Crippen LogP contribution in [0.25, 0.3) is 10.9 Å². The highest BCUT2D eigenvalue weighted by molar-refractivity contribution is 6.00. The van der Waals surface area contributed by atoms with Crippen LogP contribution in [0.15, 0.2) is 60.7 Å². The first-order chi connectivity index (χ1) is 20.9. The number of methoxy groups -OCH3 is 1. The maximum absolute atomic E-state index is 13.5. The molecular formula is C33H36N6O4. The van der Waals surface area contributed by atoms with Gasteiger partial charge in [0.15, 0.2) is 0 Å². The second kappa shape index (κ2) is 12.3. The number of hydrogen-bond donors (Lipinski definition) is 2. The lowest BCUT2D eigenvalue weighted by Gasteiger charge is -2.33. The van der Waals surface area contributed by atoms with Crippen molar-refractivity contribution in [1.82, 2.24) is 20.2 Å². The van der Waals surface area contributed by atoms with E-state index in [1.165, 1.54) is 12.7 Å². The first-order valence-corrected chi connectivity index (χ1v) is 14.6. The van der Waals surface area contributed by atoms with Crippen molar-refractivity contribution in [2.75, 3.05) is 51.0 Å². The van der Waals surface area contributed by atoms with Crippen molar-refractivity contribution in [1.29, 1.82) is 0 Å². The van der Waals surface area contributed by atoms with Crippen molar-refractivity contribution in [3.05, 3.63) is 88.5 Å². The van der Waals surface area contributed by atoms with Crippen LogP contribution in [0.2, 0.25) is 0 Å². The number of aryl methyl sites for hydroxylation is 1. The molecule has 1 unspecified atom stereocenters. The van der Waals surface area contributed by atoms with Gasteiger partial charge < -0.3 is 30.3 Å². The molecule has 10 heteroatoms. The summed E-state index contributed by atoms with van der Waals surface area (Å²) in [7, 11) is 3.48. The number of nitrogen functional groups attached to an aromatic ring is 1. The summed E-state index contributed by atoms with van der Waals surface area (Å²) in [5.74, 6) is 1.22. The van der Waals surface area contributed by atoms with Gasteiger partial charge in [-0.15, -0.1) is 0 Å². The lowest BCUT2D eigenvalue weighted by molar-refractivity contribution is 0.0600. The molecule has 0 saturated carbocycles. The van der Waals surface area contributed by atoms with Crippen molar-refractivity contribution in [3.63, 3.8) is 0 Å². The summed E-state index contributed by atoms with van der Waals surface area (Å²) in [5, 5.41) is 4.14. The molecule has 222 valence electrons. The van der Waals surface area contributed by atoms with Crippen LogP contribution in [0.5, 0.6) is 5.75 Å². The Bertz CT molecular complexity index is 1650. The molecule has 1 aliphatic heterocycles. The van der Waals surface area contributed by atoms with E-state index in [1.807, 2.05) is 36.4 Å². The van der Waals surface area contributed by atoms with E-state index in [1.54, 1.807) is 18.2 Å². The number of aromatic nitrogens is 2. The van der Waals surface area contributed by atoms with E-state index in [4.69, 9.17) is 15.2 Å². The number of fused-ring (bicyclic) bond motifs is 2. The smallest absolute Gasteiger partial charge is 0.337 e. The van der Waals surface area contributed by atoms with Crippen LogP contribution in [0, 0.1) is 0 Å². The number of carbonyl (C=O) groups excluding carboxylic acids is 2. The number of nitrogens with two attached hydrogens (primary N) is 1. The minimum absolute atomic E-state index is 0.133. The molecule has 2 aliphatic rings. The zero-order valence-corrected chi connectivity index (χ0v) is 24.5. The molecule has 1 amide bonds. The normalized spacial score (nSPS) is 16.9. The first-order valence-electron chi connectivity index (χ1n) is 14.6. The van der Waals surface area contributed by atoms with Gasteiger partial charge in [0.05, 0.1) is 24.2 Å². The predicted octanol–water partition coefficient (Wildman–Crippen LogP) is 4.14. The van der Waals surface area contributed by atoms with Crippen molar-refractivity contribution >= 4 is 34.5 Å². The molecule has 3 aromatic carbocycles. The number of amides is 1. The second-order valence-electron chi connectivity index (χ2n) is 11.2. The molecule has 0 spiro atoms. The summed E-state index contributed by atoms with van der Waals surface area (Å²) in [6, 6.07) is 18.7. The standard InChI is InChI=1S/C33H36N6O4/c1-38-14-16-39(17-15-38)30-26-13-11-24(18-29(26)36-33(34)37-30)31(40)35-28-5-3-4-22-10-12-25(19-27(22)28)43-20-21-6-8-23(9-7-21)32(41)42-2/h6-13,18-19,28H,3-5,14-17,20H2,1-2H3,(H,35,40)(H2,34,36,37). The zero-order chi connectivity index (χ0) is 29.9. The Hall–Kier alpha value is -4.70. The molecule has 0 radical (unpaired) electrons. The lowest BCUT2D eigenvalue weighted by atomic mass is 9.87. The summed E-state index contributed by atoms with van der Waals surface area (Å²) >= 11 is 0. The summed E-state index contributed by atoms with van der Waals surface area (Å²) in [4.78, 5) is 38.7. The van der Waals surface area contributed by atoms with Crippen LogP contribution in [0.1, 0.15) is 56.3 Å². The van der Waals surface area contributed by atoms with Gasteiger partial charge >= 0.3 is 5.97 Å². The third-order valence-electron chi connectivity index (χ3n) is 8.28. The van der Waals surface area contributed by atoms with E-state index in [-0.39, 0.29) is 23.9 Å². The van der Waals surface area contributed by atoms with Crippen molar-refractivity contribution in [2.24, 2.45) is 0 Å². The quantitative estimate of drug-likeness (QED) is 0.311. The summed E-state index contributed by atoms with van der Waals surface area (Å²) in [5.41, 5.74) is 11.0. The largest absolute Gasteiger partial charge is 0.489 e. The highest BCUT2D eigenvalue weighted by Gasteiger charge is 2.24. The van der Waals surface area contributed by atoms with Crippen LogP contribution in [-0.4, -0.2) is 67.1 Å². The number of piperazine rings is 1. The van der Waals surface area contributed by atoms with Crippen LogP contribution >= 0.6 is 0 Å². The predicted molar refractivity (Wildman–Crippen MR) is 165 cm³/mol. The van der Waals surface area contributed by atoms with Crippen LogP contribution in [0.3, 0.4) is 0 Å². The van der Waals surface area contributed by atoms with Gasteiger partial charge in [0, 0.05) is 37.1 Å². The molecule has 4 aromatic rings. The number of rotatable bonds is 7. The van der Waals surface area contributed by atoms with E-state index in [0.29, 0.717) is 23.3 Å². The van der Waals surface area contributed by atoms with Crippen LogP contribution < -0.4 is 20.7 Å². The third kappa shape index (κ3) is 6.24. The number of nitrogens with one attached hydrogen (secondary N) is 1.